The van der Waals surface area contributed by atoms with Gasteiger partial charge in [0.05, 0.1) is 11.5 Å². The van der Waals surface area contributed by atoms with Crippen LogP contribution in [0.4, 0.5) is 0 Å². The Morgan fingerprint density at radius 2 is 2.20 bits per heavy atom. The zero-order chi connectivity index (χ0) is 11.3. The first-order chi connectivity index (χ1) is 7.10. The van der Waals surface area contributed by atoms with Gasteiger partial charge in [0.15, 0.2) is 0 Å². The van der Waals surface area contributed by atoms with Crippen molar-refractivity contribution in [3.63, 3.8) is 0 Å². The smallest absolute Gasteiger partial charge is 0.227 e. The molecule has 1 heterocycles. The minimum Gasteiger partial charge on any atom is -0.392 e. The highest BCUT2D eigenvalue weighted by atomic mass is 16.5. The fraction of sp³-hybridized carbons (Fsp3) is 0.900. The van der Waals surface area contributed by atoms with Gasteiger partial charge < -0.3 is 20.9 Å². The van der Waals surface area contributed by atoms with Crippen molar-refractivity contribution in [2.75, 3.05) is 26.3 Å². The first kappa shape index (κ1) is 12.4. The zero-order valence-electron chi connectivity index (χ0n) is 9.16. The van der Waals surface area contributed by atoms with E-state index in [1.54, 1.807) is 6.92 Å². The summed E-state index contributed by atoms with van der Waals surface area (Å²) in [5.41, 5.74) is 5.17. The maximum Gasteiger partial charge on any atom is 0.227 e. The molecule has 1 fully saturated rings. The van der Waals surface area contributed by atoms with Crippen LogP contribution in [-0.4, -0.2) is 43.4 Å². The molecule has 1 aliphatic heterocycles. The summed E-state index contributed by atoms with van der Waals surface area (Å²) in [7, 11) is 0. The van der Waals surface area contributed by atoms with E-state index in [1.807, 2.05) is 0 Å². The van der Waals surface area contributed by atoms with Crippen molar-refractivity contribution < 1.29 is 14.6 Å². The SMILES string of the molecule is CC(O)CNC(=O)C1(CN)CCOCC1. The van der Waals surface area contributed by atoms with Gasteiger partial charge in [0.25, 0.3) is 0 Å². The molecule has 1 saturated heterocycles. The molecule has 0 bridgehead atoms. The third-order valence-electron chi connectivity index (χ3n) is 2.88. The highest BCUT2D eigenvalue weighted by Gasteiger charge is 2.38. The Labute approximate surface area is 90.0 Å². The number of ether oxygens (including phenoxy) is 1. The maximum absolute atomic E-state index is 11.9. The van der Waals surface area contributed by atoms with Crippen molar-refractivity contribution in [2.24, 2.45) is 11.1 Å². The van der Waals surface area contributed by atoms with Crippen LogP contribution in [0.15, 0.2) is 0 Å². The first-order valence-electron chi connectivity index (χ1n) is 5.35. The fourth-order valence-corrected chi connectivity index (χ4v) is 1.71. The molecule has 0 spiro atoms. The van der Waals surface area contributed by atoms with Gasteiger partial charge in [0, 0.05) is 26.3 Å². The van der Waals surface area contributed by atoms with Crippen molar-refractivity contribution in [3.8, 4) is 0 Å². The molecule has 4 N–H and O–H groups in total. The standard InChI is InChI=1S/C10H20N2O3/c1-8(13)6-12-9(14)10(7-11)2-4-15-5-3-10/h8,13H,2-7,11H2,1H3,(H,12,14). The molecule has 5 heteroatoms. The third kappa shape index (κ3) is 3.15. The second-order valence-electron chi connectivity index (χ2n) is 4.16. The summed E-state index contributed by atoms with van der Waals surface area (Å²) in [5.74, 6) is -0.0609. The Morgan fingerprint density at radius 1 is 1.60 bits per heavy atom. The van der Waals surface area contributed by atoms with E-state index in [4.69, 9.17) is 15.6 Å². The lowest BCUT2D eigenvalue weighted by atomic mass is 9.79. The largest absolute Gasteiger partial charge is 0.392 e. The summed E-state index contributed by atoms with van der Waals surface area (Å²) < 4.78 is 5.22. The van der Waals surface area contributed by atoms with Gasteiger partial charge >= 0.3 is 0 Å². The summed E-state index contributed by atoms with van der Waals surface area (Å²) in [6.45, 7) is 3.42. The van der Waals surface area contributed by atoms with Crippen molar-refractivity contribution in [2.45, 2.75) is 25.9 Å². The van der Waals surface area contributed by atoms with E-state index in [0.717, 1.165) is 0 Å². The predicted octanol–water partition coefficient (Wildman–Crippen LogP) is -0.761. The molecular weight excluding hydrogens is 196 g/mol. The zero-order valence-corrected chi connectivity index (χ0v) is 9.16. The second-order valence-corrected chi connectivity index (χ2v) is 4.16. The van der Waals surface area contributed by atoms with Crippen LogP contribution >= 0.6 is 0 Å². The summed E-state index contributed by atoms with van der Waals surface area (Å²) in [6, 6.07) is 0. The lowest BCUT2D eigenvalue weighted by molar-refractivity contribution is -0.136. The number of aliphatic hydroxyl groups is 1. The van der Waals surface area contributed by atoms with Crippen LogP contribution < -0.4 is 11.1 Å². The van der Waals surface area contributed by atoms with Gasteiger partial charge in [-0.25, -0.2) is 0 Å². The topological polar surface area (TPSA) is 84.6 Å². The van der Waals surface area contributed by atoms with Crippen LogP contribution in [0.3, 0.4) is 0 Å². The van der Waals surface area contributed by atoms with Gasteiger partial charge in [0.1, 0.15) is 0 Å². The van der Waals surface area contributed by atoms with Crippen LogP contribution in [0.5, 0.6) is 0 Å². The van der Waals surface area contributed by atoms with E-state index < -0.39 is 11.5 Å². The number of carbonyl (C=O) groups is 1. The van der Waals surface area contributed by atoms with Crippen LogP contribution in [-0.2, 0) is 9.53 Å². The highest BCUT2D eigenvalue weighted by Crippen LogP contribution is 2.29. The number of nitrogens with two attached hydrogens (primary N) is 1. The number of nitrogens with one attached hydrogen (secondary N) is 1. The molecule has 0 aromatic carbocycles. The number of amides is 1. The van der Waals surface area contributed by atoms with E-state index in [0.29, 0.717) is 32.6 Å². The Kier molecular flexibility index (Phi) is 4.50. The van der Waals surface area contributed by atoms with E-state index in [9.17, 15) is 4.79 Å². The molecule has 0 saturated carbocycles. The molecule has 1 aliphatic rings. The maximum atomic E-state index is 11.9. The second kappa shape index (κ2) is 5.44. The molecule has 1 amide bonds. The van der Waals surface area contributed by atoms with Crippen molar-refractivity contribution >= 4 is 5.91 Å². The first-order valence-corrected chi connectivity index (χ1v) is 5.35. The van der Waals surface area contributed by atoms with Crippen LogP contribution in [0.1, 0.15) is 19.8 Å². The third-order valence-corrected chi connectivity index (χ3v) is 2.88. The lowest BCUT2D eigenvalue weighted by Crippen LogP contribution is -2.50. The average Bonchev–Trinajstić information content (AvgIpc) is 2.26. The highest BCUT2D eigenvalue weighted by molar-refractivity contribution is 5.83. The van der Waals surface area contributed by atoms with Gasteiger partial charge in [-0.15, -0.1) is 0 Å². The predicted molar refractivity (Wildman–Crippen MR) is 56.2 cm³/mol. The van der Waals surface area contributed by atoms with E-state index >= 15 is 0 Å². The summed E-state index contributed by atoms with van der Waals surface area (Å²) in [6.07, 6.45) is 0.799. The number of hydrogen-bond donors (Lipinski definition) is 3. The van der Waals surface area contributed by atoms with Crippen LogP contribution in [0, 0.1) is 5.41 Å². The van der Waals surface area contributed by atoms with Crippen molar-refractivity contribution in [3.05, 3.63) is 0 Å². The Morgan fingerprint density at radius 3 is 2.67 bits per heavy atom. The Bertz CT molecular complexity index is 213. The molecule has 88 valence electrons. The molecule has 0 radical (unpaired) electrons. The minimum absolute atomic E-state index is 0.0609. The minimum atomic E-state index is -0.524. The summed E-state index contributed by atoms with van der Waals surface area (Å²) >= 11 is 0. The van der Waals surface area contributed by atoms with Gasteiger partial charge in [-0.3, -0.25) is 4.79 Å². The van der Waals surface area contributed by atoms with Gasteiger partial charge in [-0.2, -0.15) is 0 Å². The summed E-state index contributed by atoms with van der Waals surface area (Å²) in [5, 5.41) is 11.8. The average molecular weight is 216 g/mol. The van der Waals surface area contributed by atoms with E-state index in [1.165, 1.54) is 0 Å². The van der Waals surface area contributed by atoms with Gasteiger partial charge in [0.2, 0.25) is 5.91 Å². The molecule has 0 aliphatic carbocycles. The van der Waals surface area contributed by atoms with Crippen LogP contribution in [0.25, 0.3) is 0 Å². The van der Waals surface area contributed by atoms with Crippen molar-refractivity contribution in [1.29, 1.82) is 0 Å². The molecule has 1 rings (SSSR count). The monoisotopic (exact) mass is 216 g/mol. The quantitative estimate of drug-likeness (QED) is 0.576. The molecule has 1 unspecified atom stereocenters. The molecular formula is C10H20N2O3. The van der Waals surface area contributed by atoms with E-state index in [2.05, 4.69) is 5.32 Å². The number of aliphatic hydroxyl groups excluding tert-OH is 1. The number of hydrogen-bond acceptors (Lipinski definition) is 4. The summed E-state index contributed by atoms with van der Waals surface area (Å²) in [4.78, 5) is 11.9. The molecule has 0 aromatic heterocycles. The van der Waals surface area contributed by atoms with Gasteiger partial charge in [-0.05, 0) is 19.8 Å². The Balaban J connectivity index is 2.52. The number of rotatable bonds is 4. The normalized spacial score (nSPS) is 22.1. The number of carbonyl (C=O) groups excluding carboxylic acids is 1. The molecule has 0 aromatic rings. The lowest BCUT2D eigenvalue weighted by Gasteiger charge is -2.34. The fourth-order valence-electron chi connectivity index (χ4n) is 1.71. The van der Waals surface area contributed by atoms with Gasteiger partial charge in [-0.1, -0.05) is 0 Å². The molecule has 5 nitrogen and oxygen atoms in total. The van der Waals surface area contributed by atoms with E-state index in [-0.39, 0.29) is 12.5 Å². The van der Waals surface area contributed by atoms with Crippen molar-refractivity contribution in [1.82, 2.24) is 5.32 Å². The van der Waals surface area contributed by atoms with Crippen LogP contribution in [0.2, 0.25) is 0 Å². The Hall–Kier alpha value is -0.650. The molecule has 1 atom stereocenters. The molecule has 15 heavy (non-hydrogen) atoms.